The minimum Gasteiger partial charge on any atom is -0.391 e. The van der Waals surface area contributed by atoms with Gasteiger partial charge in [0.25, 0.3) is 0 Å². The number of rotatable bonds is 3. The number of hydrogen-bond acceptors (Lipinski definition) is 3. The Morgan fingerprint density at radius 3 is 2.53 bits per heavy atom. The van der Waals surface area contributed by atoms with Crippen molar-refractivity contribution >= 4 is 6.29 Å². The predicted molar refractivity (Wildman–Crippen MR) is 58.6 cm³/mol. The Bertz CT molecular complexity index is 226. The molecule has 1 aliphatic heterocycles. The second kappa shape index (κ2) is 4.22. The SMILES string of the molecule is CC1CN(CC2(C=O)CCCC2)CC1O. The standard InChI is InChI=1S/C12H21NO2/c1-10-6-13(7-11(10)15)8-12(9-14)4-2-3-5-12/h9-11,15H,2-8H2,1H3. The number of carbonyl (C=O) groups is 1. The van der Waals surface area contributed by atoms with Gasteiger partial charge in [-0.15, -0.1) is 0 Å². The number of nitrogens with zero attached hydrogens (tertiary/aromatic N) is 1. The minimum absolute atomic E-state index is 0.0935. The molecule has 2 aliphatic rings. The van der Waals surface area contributed by atoms with Crippen LogP contribution in [0.3, 0.4) is 0 Å². The van der Waals surface area contributed by atoms with Gasteiger partial charge in [0.05, 0.1) is 6.10 Å². The first-order valence-electron chi connectivity index (χ1n) is 6.02. The highest BCUT2D eigenvalue weighted by molar-refractivity contribution is 5.60. The molecule has 1 aliphatic carbocycles. The maximum atomic E-state index is 11.2. The Hall–Kier alpha value is -0.410. The maximum absolute atomic E-state index is 11.2. The lowest BCUT2D eigenvalue weighted by Crippen LogP contribution is -2.36. The summed E-state index contributed by atoms with van der Waals surface area (Å²) in [5.74, 6) is 0.357. The Morgan fingerprint density at radius 1 is 1.40 bits per heavy atom. The van der Waals surface area contributed by atoms with E-state index < -0.39 is 0 Å². The quantitative estimate of drug-likeness (QED) is 0.710. The van der Waals surface area contributed by atoms with Gasteiger partial charge in [-0.2, -0.15) is 0 Å². The molecule has 86 valence electrons. The third-order valence-electron chi connectivity index (χ3n) is 4.04. The number of aldehydes is 1. The number of likely N-dealkylation sites (tertiary alicyclic amines) is 1. The lowest BCUT2D eigenvalue weighted by atomic mass is 9.87. The predicted octanol–water partition coefficient (Wildman–Crippen LogP) is 1.06. The van der Waals surface area contributed by atoms with Gasteiger partial charge < -0.3 is 9.90 Å². The molecule has 2 unspecified atom stereocenters. The van der Waals surface area contributed by atoms with Crippen molar-refractivity contribution in [1.29, 1.82) is 0 Å². The fraction of sp³-hybridized carbons (Fsp3) is 0.917. The monoisotopic (exact) mass is 211 g/mol. The van der Waals surface area contributed by atoms with E-state index in [2.05, 4.69) is 11.8 Å². The number of aliphatic hydroxyl groups excluding tert-OH is 1. The van der Waals surface area contributed by atoms with E-state index in [-0.39, 0.29) is 11.5 Å². The van der Waals surface area contributed by atoms with Crippen molar-refractivity contribution in [3.8, 4) is 0 Å². The molecule has 0 bridgehead atoms. The Balaban J connectivity index is 1.93. The van der Waals surface area contributed by atoms with Gasteiger partial charge in [0.2, 0.25) is 0 Å². The normalized spacial score (nSPS) is 35.9. The van der Waals surface area contributed by atoms with Crippen LogP contribution in [0.4, 0.5) is 0 Å². The zero-order chi connectivity index (χ0) is 10.9. The van der Waals surface area contributed by atoms with E-state index in [9.17, 15) is 9.90 Å². The van der Waals surface area contributed by atoms with E-state index in [1.165, 1.54) is 12.8 Å². The van der Waals surface area contributed by atoms with E-state index in [1.54, 1.807) is 0 Å². The zero-order valence-electron chi connectivity index (χ0n) is 9.48. The molecule has 3 heteroatoms. The minimum atomic E-state index is -0.199. The summed E-state index contributed by atoms with van der Waals surface area (Å²) in [5.41, 5.74) is -0.0935. The van der Waals surface area contributed by atoms with Crippen molar-refractivity contribution in [2.45, 2.75) is 38.7 Å². The second-order valence-electron chi connectivity index (χ2n) is 5.43. The molecule has 0 aromatic heterocycles. The molecular weight excluding hydrogens is 190 g/mol. The first-order valence-corrected chi connectivity index (χ1v) is 6.02. The van der Waals surface area contributed by atoms with E-state index in [0.29, 0.717) is 5.92 Å². The summed E-state index contributed by atoms with van der Waals surface area (Å²) >= 11 is 0. The van der Waals surface area contributed by atoms with Crippen LogP contribution in [-0.2, 0) is 4.79 Å². The van der Waals surface area contributed by atoms with Crippen molar-refractivity contribution in [2.24, 2.45) is 11.3 Å². The van der Waals surface area contributed by atoms with Crippen molar-refractivity contribution in [1.82, 2.24) is 4.90 Å². The third kappa shape index (κ3) is 2.23. The van der Waals surface area contributed by atoms with Crippen molar-refractivity contribution < 1.29 is 9.90 Å². The Kier molecular flexibility index (Phi) is 3.12. The number of β-amino-alcohol motifs (C(OH)–C–C–N with tert-alkyl or cyclic N) is 1. The number of hydrogen-bond donors (Lipinski definition) is 1. The molecule has 1 saturated heterocycles. The van der Waals surface area contributed by atoms with E-state index in [1.807, 2.05) is 0 Å². The van der Waals surface area contributed by atoms with Crippen LogP contribution in [0.5, 0.6) is 0 Å². The first-order chi connectivity index (χ1) is 7.15. The highest BCUT2D eigenvalue weighted by Gasteiger charge is 2.38. The van der Waals surface area contributed by atoms with Gasteiger partial charge in [0, 0.05) is 25.0 Å². The van der Waals surface area contributed by atoms with Crippen LogP contribution < -0.4 is 0 Å². The van der Waals surface area contributed by atoms with Gasteiger partial charge in [-0.3, -0.25) is 4.90 Å². The zero-order valence-corrected chi connectivity index (χ0v) is 9.48. The average molecular weight is 211 g/mol. The van der Waals surface area contributed by atoms with E-state index in [0.717, 1.165) is 38.8 Å². The molecule has 2 fully saturated rings. The van der Waals surface area contributed by atoms with Crippen LogP contribution >= 0.6 is 0 Å². The van der Waals surface area contributed by atoms with Crippen molar-refractivity contribution in [3.05, 3.63) is 0 Å². The molecule has 0 spiro atoms. The molecule has 2 atom stereocenters. The summed E-state index contributed by atoms with van der Waals surface area (Å²) in [4.78, 5) is 13.4. The van der Waals surface area contributed by atoms with Gasteiger partial charge in [-0.05, 0) is 18.8 Å². The topological polar surface area (TPSA) is 40.5 Å². The molecule has 1 N–H and O–H groups in total. The second-order valence-corrected chi connectivity index (χ2v) is 5.43. The number of aliphatic hydroxyl groups is 1. The lowest BCUT2D eigenvalue weighted by molar-refractivity contribution is -0.116. The third-order valence-corrected chi connectivity index (χ3v) is 4.04. The van der Waals surface area contributed by atoms with Crippen LogP contribution in [-0.4, -0.2) is 42.0 Å². The summed E-state index contributed by atoms with van der Waals surface area (Å²) in [5, 5.41) is 9.67. The van der Waals surface area contributed by atoms with E-state index in [4.69, 9.17) is 0 Å². The molecule has 2 rings (SSSR count). The molecular formula is C12H21NO2. The molecule has 0 aromatic rings. The fourth-order valence-electron chi connectivity index (χ4n) is 3.01. The molecule has 1 heterocycles. The molecule has 0 amide bonds. The first kappa shape index (κ1) is 11.1. The van der Waals surface area contributed by atoms with Gasteiger partial charge in [-0.1, -0.05) is 19.8 Å². The van der Waals surface area contributed by atoms with Gasteiger partial charge in [-0.25, -0.2) is 0 Å². The largest absolute Gasteiger partial charge is 0.391 e. The lowest BCUT2D eigenvalue weighted by Gasteiger charge is -2.28. The molecule has 3 nitrogen and oxygen atoms in total. The van der Waals surface area contributed by atoms with E-state index >= 15 is 0 Å². The van der Waals surface area contributed by atoms with Gasteiger partial charge in [0.15, 0.2) is 0 Å². The van der Waals surface area contributed by atoms with Crippen molar-refractivity contribution in [2.75, 3.05) is 19.6 Å². The smallest absolute Gasteiger partial charge is 0.127 e. The van der Waals surface area contributed by atoms with Gasteiger partial charge in [0.1, 0.15) is 6.29 Å². The highest BCUT2D eigenvalue weighted by atomic mass is 16.3. The summed E-state index contributed by atoms with van der Waals surface area (Å²) in [6, 6.07) is 0. The van der Waals surface area contributed by atoms with Crippen LogP contribution in [0, 0.1) is 11.3 Å². The van der Waals surface area contributed by atoms with Crippen molar-refractivity contribution in [3.63, 3.8) is 0 Å². The summed E-state index contributed by atoms with van der Waals surface area (Å²) in [6.07, 6.45) is 5.41. The Labute approximate surface area is 91.5 Å². The number of carbonyl (C=O) groups excluding carboxylic acids is 1. The molecule has 0 radical (unpaired) electrons. The molecule has 15 heavy (non-hydrogen) atoms. The molecule has 1 saturated carbocycles. The summed E-state index contributed by atoms with van der Waals surface area (Å²) < 4.78 is 0. The Morgan fingerprint density at radius 2 is 2.07 bits per heavy atom. The van der Waals surface area contributed by atoms with Crippen LogP contribution in [0.1, 0.15) is 32.6 Å². The van der Waals surface area contributed by atoms with Crippen LogP contribution in [0.25, 0.3) is 0 Å². The highest BCUT2D eigenvalue weighted by Crippen LogP contribution is 2.37. The average Bonchev–Trinajstić information content (AvgIpc) is 2.77. The molecule has 0 aromatic carbocycles. The maximum Gasteiger partial charge on any atom is 0.127 e. The van der Waals surface area contributed by atoms with Gasteiger partial charge >= 0.3 is 0 Å². The van der Waals surface area contributed by atoms with Crippen LogP contribution in [0.15, 0.2) is 0 Å². The summed E-state index contributed by atoms with van der Waals surface area (Å²) in [6.45, 7) is 4.62. The van der Waals surface area contributed by atoms with Crippen LogP contribution in [0.2, 0.25) is 0 Å². The summed E-state index contributed by atoms with van der Waals surface area (Å²) in [7, 11) is 0. The fourth-order valence-corrected chi connectivity index (χ4v) is 3.01.